The second-order valence-corrected chi connectivity index (χ2v) is 11.1. The number of rotatable bonds is 5. The van der Waals surface area contributed by atoms with Crippen molar-refractivity contribution in [2.24, 2.45) is 4.99 Å². The van der Waals surface area contributed by atoms with Gasteiger partial charge in [-0.1, -0.05) is 24.6 Å². The molecular formula is C29H29ClFNO4. The Kier molecular flexibility index (Phi) is 6.08. The Labute approximate surface area is 214 Å². The number of esters is 1. The Morgan fingerprint density at radius 2 is 2.08 bits per heavy atom. The fourth-order valence-electron chi connectivity index (χ4n) is 5.23. The standard InChI is InChI=1S/C29H29ClFNO4/c1-16-11-17-12-21(30)22(31)13-20(17)25(19(16)14-24(33)36-15-28(2,3)34)18-5-6-23-26-27(18)32-9-7-29(26,4)8-10-35-23/h5-6,9,11-13,34H,7-8,10,14-15H2,1-4H3. The fraction of sp³-hybridized carbons (Fsp3) is 0.379. The van der Waals surface area contributed by atoms with E-state index in [1.54, 1.807) is 19.9 Å². The summed E-state index contributed by atoms with van der Waals surface area (Å²) in [6.07, 6.45) is 3.59. The van der Waals surface area contributed by atoms with Crippen LogP contribution in [0.25, 0.3) is 21.9 Å². The number of nitrogens with zero attached hydrogens (tertiary/aromatic N) is 1. The molecule has 2 aliphatic heterocycles. The number of fused-ring (bicyclic) bond motifs is 1. The van der Waals surface area contributed by atoms with Gasteiger partial charge in [0.2, 0.25) is 0 Å². The van der Waals surface area contributed by atoms with Gasteiger partial charge in [-0.25, -0.2) is 4.39 Å². The highest BCUT2D eigenvalue weighted by Crippen LogP contribution is 2.53. The number of hydrogen-bond donors (Lipinski definition) is 1. The third kappa shape index (κ3) is 4.37. The van der Waals surface area contributed by atoms with Crippen LogP contribution in [-0.4, -0.2) is 36.1 Å². The van der Waals surface area contributed by atoms with E-state index in [2.05, 4.69) is 6.92 Å². The van der Waals surface area contributed by atoms with Crippen molar-refractivity contribution in [2.75, 3.05) is 13.2 Å². The van der Waals surface area contributed by atoms with Gasteiger partial charge in [0.05, 0.1) is 29.3 Å². The molecule has 0 radical (unpaired) electrons. The van der Waals surface area contributed by atoms with E-state index < -0.39 is 17.4 Å². The predicted octanol–water partition coefficient (Wildman–Crippen LogP) is 6.61. The van der Waals surface area contributed by atoms with Crippen molar-refractivity contribution in [2.45, 2.75) is 58.0 Å². The van der Waals surface area contributed by atoms with Gasteiger partial charge in [-0.15, -0.1) is 0 Å². The summed E-state index contributed by atoms with van der Waals surface area (Å²) in [5.74, 6) is -0.191. The smallest absolute Gasteiger partial charge is 0.310 e. The molecule has 1 N–H and O–H groups in total. The average molecular weight is 510 g/mol. The van der Waals surface area contributed by atoms with E-state index in [0.29, 0.717) is 12.0 Å². The van der Waals surface area contributed by atoms with Crippen molar-refractivity contribution < 1.29 is 23.8 Å². The Morgan fingerprint density at radius 3 is 2.83 bits per heavy atom. The molecule has 0 saturated carbocycles. The van der Waals surface area contributed by atoms with Crippen LogP contribution < -0.4 is 4.74 Å². The van der Waals surface area contributed by atoms with Crippen LogP contribution in [0, 0.1) is 12.7 Å². The van der Waals surface area contributed by atoms with Gasteiger partial charge in [-0.05, 0) is 85.3 Å². The summed E-state index contributed by atoms with van der Waals surface area (Å²) >= 11 is 6.13. The summed E-state index contributed by atoms with van der Waals surface area (Å²) < 4.78 is 26.1. The summed E-state index contributed by atoms with van der Waals surface area (Å²) in [6.45, 7) is 7.81. The first kappa shape index (κ1) is 24.7. The third-order valence-corrected chi connectivity index (χ3v) is 7.39. The lowest BCUT2D eigenvalue weighted by atomic mass is 9.72. The molecule has 0 amide bonds. The van der Waals surface area contributed by atoms with Crippen LogP contribution in [0.5, 0.6) is 5.75 Å². The van der Waals surface area contributed by atoms with Gasteiger partial charge in [-0.2, -0.15) is 0 Å². The van der Waals surface area contributed by atoms with E-state index >= 15 is 0 Å². The minimum absolute atomic E-state index is 0.0363. The number of aliphatic hydroxyl groups is 1. The van der Waals surface area contributed by atoms with E-state index in [-0.39, 0.29) is 23.5 Å². The van der Waals surface area contributed by atoms with Crippen LogP contribution in [-0.2, 0) is 21.4 Å². The van der Waals surface area contributed by atoms with Gasteiger partial charge in [0, 0.05) is 22.8 Å². The topological polar surface area (TPSA) is 68.1 Å². The molecule has 7 heteroatoms. The molecule has 1 atom stereocenters. The number of aryl methyl sites for hydroxylation is 1. The van der Waals surface area contributed by atoms with Crippen LogP contribution in [0.4, 0.5) is 10.1 Å². The van der Waals surface area contributed by atoms with E-state index in [0.717, 1.165) is 57.5 Å². The first-order valence-electron chi connectivity index (χ1n) is 12.1. The van der Waals surface area contributed by atoms with Gasteiger partial charge in [0.1, 0.15) is 18.2 Å². The molecule has 5 rings (SSSR count). The molecule has 0 saturated heterocycles. The highest BCUT2D eigenvalue weighted by Gasteiger charge is 2.38. The summed E-state index contributed by atoms with van der Waals surface area (Å²) in [5, 5.41) is 11.4. The van der Waals surface area contributed by atoms with Gasteiger partial charge in [0.15, 0.2) is 0 Å². The van der Waals surface area contributed by atoms with Crippen molar-refractivity contribution >= 4 is 40.2 Å². The number of carbonyl (C=O) groups is 1. The summed E-state index contributed by atoms with van der Waals surface area (Å²) in [7, 11) is 0. The molecule has 0 aliphatic carbocycles. The van der Waals surface area contributed by atoms with Crippen LogP contribution in [0.3, 0.4) is 0 Å². The Bertz CT molecular complexity index is 1430. The van der Waals surface area contributed by atoms with Crippen LogP contribution in [0.15, 0.2) is 35.3 Å². The Morgan fingerprint density at radius 1 is 1.31 bits per heavy atom. The number of ether oxygens (including phenoxy) is 2. The lowest BCUT2D eigenvalue weighted by Crippen LogP contribution is -2.32. The minimum Gasteiger partial charge on any atom is -0.493 e. The maximum atomic E-state index is 14.8. The molecule has 3 aromatic rings. The maximum absolute atomic E-state index is 14.8. The molecule has 0 fully saturated rings. The molecule has 1 unspecified atom stereocenters. The zero-order chi connectivity index (χ0) is 25.8. The average Bonchev–Trinajstić information content (AvgIpc) is 2.80. The minimum atomic E-state index is -1.14. The maximum Gasteiger partial charge on any atom is 0.310 e. The molecule has 188 valence electrons. The molecular weight excluding hydrogens is 481 g/mol. The van der Waals surface area contributed by atoms with E-state index in [9.17, 15) is 14.3 Å². The fourth-order valence-corrected chi connectivity index (χ4v) is 5.40. The van der Waals surface area contributed by atoms with E-state index in [1.165, 1.54) is 6.07 Å². The molecule has 0 aromatic heterocycles. The molecule has 2 heterocycles. The first-order valence-corrected chi connectivity index (χ1v) is 12.5. The number of aliphatic imine (C=N–C) groups is 1. The number of benzene rings is 3. The van der Waals surface area contributed by atoms with Crippen molar-refractivity contribution in [3.05, 3.63) is 57.9 Å². The van der Waals surface area contributed by atoms with Gasteiger partial charge >= 0.3 is 5.97 Å². The number of halogens is 2. The molecule has 3 aromatic carbocycles. The lowest BCUT2D eigenvalue weighted by molar-refractivity contribution is -0.149. The number of carbonyl (C=O) groups excluding carboxylic acids is 1. The van der Waals surface area contributed by atoms with Gasteiger partial charge in [-0.3, -0.25) is 9.79 Å². The van der Waals surface area contributed by atoms with E-state index in [1.807, 2.05) is 31.3 Å². The van der Waals surface area contributed by atoms with Gasteiger partial charge in [0.25, 0.3) is 0 Å². The largest absolute Gasteiger partial charge is 0.493 e. The number of hydrogen-bond acceptors (Lipinski definition) is 5. The van der Waals surface area contributed by atoms with Crippen molar-refractivity contribution in [1.29, 1.82) is 0 Å². The van der Waals surface area contributed by atoms with Crippen LogP contribution >= 0.6 is 11.6 Å². The first-order chi connectivity index (χ1) is 17.0. The molecule has 36 heavy (non-hydrogen) atoms. The Hall–Kier alpha value is -2.96. The monoisotopic (exact) mass is 509 g/mol. The van der Waals surface area contributed by atoms with Crippen molar-refractivity contribution in [1.82, 2.24) is 0 Å². The summed E-state index contributed by atoms with van der Waals surface area (Å²) in [6, 6.07) is 8.83. The third-order valence-electron chi connectivity index (χ3n) is 7.11. The van der Waals surface area contributed by atoms with Crippen molar-refractivity contribution in [3.8, 4) is 16.9 Å². The molecule has 0 bridgehead atoms. The normalized spacial score (nSPS) is 18.6. The van der Waals surface area contributed by atoms with Crippen LogP contribution in [0.2, 0.25) is 5.02 Å². The predicted molar refractivity (Wildman–Crippen MR) is 140 cm³/mol. The highest BCUT2D eigenvalue weighted by molar-refractivity contribution is 6.31. The zero-order valence-corrected chi connectivity index (χ0v) is 21.6. The lowest BCUT2D eigenvalue weighted by Gasteiger charge is -2.38. The second-order valence-electron chi connectivity index (χ2n) is 10.7. The van der Waals surface area contributed by atoms with E-state index in [4.69, 9.17) is 26.1 Å². The van der Waals surface area contributed by atoms with Crippen molar-refractivity contribution in [3.63, 3.8) is 0 Å². The summed E-state index contributed by atoms with van der Waals surface area (Å²) in [5.41, 5.74) is 3.69. The SMILES string of the molecule is Cc1cc2cc(Cl)c(F)cc2c(-c2ccc3c4c2N=CCC4(C)CCO3)c1CC(=O)OCC(C)(C)O. The molecule has 0 spiro atoms. The highest BCUT2D eigenvalue weighted by atomic mass is 35.5. The quantitative estimate of drug-likeness (QED) is 0.393. The van der Waals surface area contributed by atoms with Gasteiger partial charge < -0.3 is 14.6 Å². The zero-order valence-electron chi connectivity index (χ0n) is 20.9. The molecule has 2 aliphatic rings. The summed E-state index contributed by atoms with van der Waals surface area (Å²) in [4.78, 5) is 17.7. The molecule has 5 nitrogen and oxygen atoms in total. The second kappa shape index (κ2) is 8.86. The van der Waals surface area contributed by atoms with Crippen LogP contribution in [0.1, 0.15) is 50.3 Å². The Balaban J connectivity index is 1.75.